The van der Waals surface area contributed by atoms with Crippen molar-refractivity contribution in [3.05, 3.63) is 71.3 Å². The van der Waals surface area contributed by atoms with E-state index in [1.807, 2.05) is 42.6 Å². The molecular formula is C22H30N6OS. The van der Waals surface area contributed by atoms with Gasteiger partial charge in [-0.1, -0.05) is 43.3 Å². The first kappa shape index (κ1) is 22.0. The second-order valence-corrected chi connectivity index (χ2v) is 8.00. The first-order valence-electron chi connectivity index (χ1n) is 10.5. The second-order valence-electron chi connectivity index (χ2n) is 7.05. The quantitative estimate of drug-likeness (QED) is 0.364. The van der Waals surface area contributed by atoms with Crippen LogP contribution in [0.3, 0.4) is 0 Å². The minimum atomic E-state index is -1.35. The smallest absolute Gasteiger partial charge is 0.219 e. The number of aromatic nitrogens is 3. The van der Waals surface area contributed by atoms with Gasteiger partial charge in [0.15, 0.2) is 0 Å². The van der Waals surface area contributed by atoms with Crippen molar-refractivity contribution in [2.45, 2.75) is 32.6 Å². The van der Waals surface area contributed by atoms with Crippen LogP contribution in [0.25, 0.3) is 0 Å². The van der Waals surface area contributed by atoms with Crippen LogP contribution in [-0.4, -0.2) is 44.5 Å². The van der Waals surface area contributed by atoms with Crippen molar-refractivity contribution in [3.8, 4) is 0 Å². The summed E-state index contributed by atoms with van der Waals surface area (Å²) in [7, 11) is 0. The molecule has 2 heterocycles. The van der Waals surface area contributed by atoms with E-state index in [2.05, 4.69) is 47.7 Å². The van der Waals surface area contributed by atoms with E-state index in [0.29, 0.717) is 24.1 Å². The van der Waals surface area contributed by atoms with Crippen LogP contribution in [0.4, 0.5) is 5.82 Å². The monoisotopic (exact) mass is 426 g/mol. The molecule has 1 atom stereocenters. The number of anilines is 1. The summed E-state index contributed by atoms with van der Waals surface area (Å²) in [6, 6.07) is 16.3. The molecule has 1 aromatic carbocycles. The molecule has 3 aromatic rings. The van der Waals surface area contributed by atoms with Crippen molar-refractivity contribution in [2.24, 2.45) is 9.98 Å². The van der Waals surface area contributed by atoms with Crippen molar-refractivity contribution in [2.75, 3.05) is 31.1 Å². The van der Waals surface area contributed by atoms with Crippen LogP contribution in [-0.2, 0) is 6.42 Å². The van der Waals surface area contributed by atoms with Gasteiger partial charge in [-0.05, 0) is 43.4 Å². The molecule has 8 heteroatoms. The predicted octanol–water partition coefficient (Wildman–Crippen LogP) is 3.21. The number of aryl methyl sites for hydroxylation is 1. The Hall–Kier alpha value is -2.71. The van der Waals surface area contributed by atoms with Gasteiger partial charge in [0.05, 0.1) is 0 Å². The molecule has 2 N–H and O–H groups in total. The van der Waals surface area contributed by atoms with E-state index in [0.717, 1.165) is 44.6 Å². The molecule has 30 heavy (non-hydrogen) atoms. The molecular weight excluding hydrogens is 396 g/mol. The van der Waals surface area contributed by atoms with E-state index in [4.69, 9.17) is 0 Å². The summed E-state index contributed by atoms with van der Waals surface area (Å²) in [5.41, 5.74) is 2.49. The summed E-state index contributed by atoms with van der Waals surface area (Å²) in [6.45, 7) is 5.31. The normalized spacial score (nSPS) is 13.1. The first-order chi connectivity index (χ1) is 14.8. The molecule has 160 valence electrons. The van der Waals surface area contributed by atoms with Crippen LogP contribution in [0.1, 0.15) is 31.7 Å². The highest BCUT2D eigenvalue weighted by atomic mass is 32.2. The lowest BCUT2D eigenvalue weighted by atomic mass is 10.1. The number of pyridine rings is 1. The Labute approximate surface area is 180 Å². The van der Waals surface area contributed by atoms with E-state index in [1.165, 1.54) is 5.56 Å². The topological polar surface area (TPSA) is 95.5 Å². The Morgan fingerprint density at radius 1 is 0.933 bits per heavy atom. The predicted molar refractivity (Wildman–Crippen MR) is 121 cm³/mol. The van der Waals surface area contributed by atoms with Gasteiger partial charge in [0.1, 0.15) is 17.0 Å². The van der Waals surface area contributed by atoms with Crippen molar-refractivity contribution in [1.29, 1.82) is 0 Å². The highest BCUT2D eigenvalue weighted by molar-refractivity contribution is 7.13. The zero-order chi connectivity index (χ0) is 21.0. The maximum Gasteiger partial charge on any atom is 0.219 e. The third kappa shape index (κ3) is 6.96. The molecule has 0 saturated heterocycles. The van der Waals surface area contributed by atoms with E-state index >= 15 is 0 Å². The van der Waals surface area contributed by atoms with Gasteiger partial charge >= 0.3 is 0 Å². The fraction of sp³-hybridized carbons (Fsp3) is 0.409. The molecule has 0 radical (unpaired) electrons. The van der Waals surface area contributed by atoms with Crippen molar-refractivity contribution in [1.82, 2.24) is 13.7 Å². The fourth-order valence-electron chi connectivity index (χ4n) is 3.23. The molecule has 0 amide bonds. The minimum Gasteiger partial charge on any atom is -0.549 e. The second kappa shape index (κ2) is 12.1. The van der Waals surface area contributed by atoms with E-state index in [-0.39, 0.29) is 0 Å². The first-order valence-corrected chi connectivity index (χ1v) is 11.7. The Morgan fingerprint density at radius 3 is 2.30 bits per heavy atom. The van der Waals surface area contributed by atoms with Crippen LogP contribution in [0.5, 0.6) is 0 Å². The molecule has 0 aliphatic rings. The van der Waals surface area contributed by atoms with Crippen molar-refractivity contribution in [3.63, 3.8) is 0 Å². The molecule has 0 spiro atoms. The minimum absolute atomic E-state index is 0.591. The van der Waals surface area contributed by atoms with E-state index in [1.54, 1.807) is 0 Å². The zero-order valence-electron chi connectivity index (χ0n) is 17.5. The van der Waals surface area contributed by atoms with Crippen molar-refractivity contribution >= 4 is 17.0 Å². The van der Waals surface area contributed by atoms with Crippen molar-refractivity contribution < 1.29 is 4.55 Å². The molecule has 0 saturated carbocycles. The van der Waals surface area contributed by atoms with Gasteiger partial charge in [-0.15, -0.1) is 0 Å². The largest absolute Gasteiger partial charge is 0.549 e. The lowest BCUT2D eigenvalue weighted by molar-refractivity contribution is 0.584. The van der Waals surface area contributed by atoms with E-state index in [9.17, 15) is 4.55 Å². The fourth-order valence-corrected chi connectivity index (χ4v) is 3.96. The Bertz CT molecular complexity index is 993. The van der Waals surface area contributed by atoms with Gasteiger partial charge in [0.25, 0.3) is 0 Å². The zero-order valence-corrected chi connectivity index (χ0v) is 18.3. The van der Waals surface area contributed by atoms with Crippen LogP contribution < -0.4 is 15.9 Å². The van der Waals surface area contributed by atoms with Gasteiger partial charge in [-0.3, -0.25) is 9.98 Å². The summed E-state index contributed by atoms with van der Waals surface area (Å²) in [5.74, 6) is 0.995. The Morgan fingerprint density at radius 2 is 1.63 bits per heavy atom. The van der Waals surface area contributed by atoms with Crippen LogP contribution >= 0.6 is 11.1 Å². The Balaban J connectivity index is 1.55. The summed E-state index contributed by atoms with van der Waals surface area (Å²) in [4.78, 5) is 15.9. The number of rotatable bonds is 11. The van der Waals surface area contributed by atoms with Crippen LogP contribution in [0, 0.1) is 0 Å². The highest BCUT2D eigenvalue weighted by Crippen LogP contribution is 2.10. The third-order valence-corrected chi connectivity index (χ3v) is 5.42. The van der Waals surface area contributed by atoms with Crippen LogP contribution in [0.2, 0.25) is 0 Å². The molecule has 0 bridgehead atoms. The van der Waals surface area contributed by atoms with Gasteiger partial charge in [0, 0.05) is 32.4 Å². The van der Waals surface area contributed by atoms with Crippen LogP contribution in [0.15, 0.2) is 64.7 Å². The molecule has 3 rings (SSSR count). The third-order valence-electron chi connectivity index (χ3n) is 4.66. The lowest BCUT2D eigenvalue weighted by Gasteiger charge is -2.22. The molecule has 0 aliphatic carbocycles. The van der Waals surface area contributed by atoms with E-state index < -0.39 is 11.1 Å². The standard InChI is InChI=1S/C22H30N6OS/c1-2-17-28(20-13-6-7-14-23-20)18-9-16-25-22-21(26-30(29)27-22)24-15-8-12-19-10-4-3-5-11-19/h3-7,10-11,13-14H,2,8-9,12,15-18H2,1H3,(H,24,26)(H,25,27). The summed E-state index contributed by atoms with van der Waals surface area (Å²) in [5, 5.41) is 0. The summed E-state index contributed by atoms with van der Waals surface area (Å²) in [6.07, 6.45) is 5.68. The number of nitrogens with zero attached hydrogens (tertiary/aromatic N) is 4. The molecule has 1 unspecified atom stereocenters. The number of nitrogens with one attached hydrogen (secondary N) is 2. The van der Waals surface area contributed by atoms with Gasteiger partial charge in [-0.25, -0.2) is 4.98 Å². The highest BCUT2D eigenvalue weighted by Gasteiger charge is 2.06. The SMILES string of the molecule is CCCN(CCCN=c1[nH][s+]([O-])[nH]c1=NCCCc1ccccc1)c1ccccn1. The molecule has 0 aliphatic heterocycles. The number of aromatic amines is 2. The molecule has 7 nitrogen and oxygen atoms in total. The maximum atomic E-state index is 11.8. The maximum absolute atomic E-state index is 11.8. The average molecular weight is 427 g/mol. The lowest BCUT2D eigenvalue weighted by Crippen LogP contribution is -2.28. The number of hydrogen-bond donors (Lipinski definition) is 2. The number of H-pyrrole nitrogens is 2. The molecule has 2 aromatic heterocycles. The molecule has 0 fully saturated rings. The average Bonchev–Trinajstić information content (AvgIpc) is 3.14. The number of benzene rings is 1. The Kier molecular flexibility index (Phi) is 8.86. The van der Waals surface area contributed by atoms with Gasteiger partial charge in [0.2, 0.25) is 11.0 Å². The summed E-state index contributed by atoms with van der Waals surface area (Å²) < 4.78 is 17.6. The van der Waals surface area contributed by atoms with Gasteiger partial charge < -0.3 is 9.45 Å². The van der Waals surface area contributed by atoms with Gasteiger partial charge in [-0.2, -0.15) is 8.75 Å². The number of hydrogen-bond acceptors (Lipinski definition) is 5. The summed E-state index contributed by atoms with van der Waals surface area (Å²) >= 11 is -1.35.